The zero-order chi connectivity index (χ0) is 18.1. The van der Waals surface area contributed by atoms with Gasteiger partial charge in [-0.25, -0.2) is 9.97 Å². The highest BCUT2D eigenvalue weighted by molar-refractivity contribution is 5.53. The third-order valence-corrected chi connectivity index (χ3v) is 5.29. The Hall–Kier alpha value is -2.12. The maximum atomic E-state index is 10.1. The summed E-state index contributed by atoms with van der Waals surface area (Å²) in [7, 11) is 4.13. The lowest BCUT2D eigenvalue weighted by Gasteiger charge is -2.40. The van der Waals surface area contributed by atoms with Crippen LogP contribution in [-0.2, 0) is 6.42 Å². The monoisotopic (exact) mass is 357 g/mol. The van der Waals surface area contributed by atoms with Crippen LogP contribution in [0.3, 0.4) is 0 Å². The van der Waals surface area contributed by atoms with Crippen LogP contribution in [0.1, 0.15) is 12.0 Å². The molecule has 0 spiro atoms. The summed E-state index contributed by atoms with van der Waals surface area (Å²) in [6, 6.07) is 4.39. The zero-order valence-electron chi connectivity index (χ0n) is 15.5. The van der Waals surface area contributed by atoms with E-state index in [4.69, 9.17) is 4.42 Å². The van der Waals surface area contributed by atoms with Crippen molar-refractivity contribution in [2.45, 2.75) is 25.0 Å². The van der Waals surface area contributed by atoms with Crippen LogP contribution in [0.2, 0.25) is 0 Å². The molecule has 2 aromatic rings. The Morgan fingerprint density at radius 1 is 1.23 bits per heavy atom. The van der Waals surface area contributed by atoms with Crippen LogP contribution in [0.5, 0.6) is 0 Å². The third kappa shape index (κ3) is 3.68. The van der Waals surface area contributed by atoms with Crippen LogP contribution >= 0.6 is 0 Å². The van der Waals surface area contributed by atoms with E-state index in [1.807, 2.05) is 12.3 Å². The van der Waals surface area contributed by atoms with Crippen molar-refractivity contribution in [2.75, 3.05) is 50.1 Å². The summed E-state index contributed by atoms with van der Waals surface area (Å²) in [6.45, 7) is 3.56. The Kier molecular flexibility index (Phi) is 4.82. The van der Waals surface area contributed by atoms with Crippen LogP contribution in [0.25, 0.3) is 0 Å². The number of nitrogens with zero attached hydrogens (tertiary/aromatic N) is 5. The number of aliphatic hydroxyl groups excluding tert-OH is 1. The summed E-state index contributed by atoms with van der Waals surface area (Å²) < 4.78 is 5.15. The number of aliphatic hydroxyl groups is 1. The lowest BCUT2D eigenvalue weighted by Crippen LogP contribution is -2.48. The predicted octanol–water partition coefficient (Wildman–Crippen LogP) is 1.25. The molecule has 0 saturated carbocycles. The summed E-state index contributed by atoms with van der Waals surface area (Å²) in [5, 5.41) is 10.1. The van der Waals surface area contributed by atoms with Crippen molar-refractivity contribution in [2.24, 2.45) is 5.92 Å². The first-order valence-corrected chi connectivity index (χ1v) is 9.26. The van der Waals surface area contributed by atoms with E-state index < -0.39 is 0 Å². The summed E-state index contributed by atoms with van der Waals surface area (Å²) >= 11 is 0. The third-order valence-electron chi connectivity index (χ3n) is 5.29. The molecule has 7 nitrogen and oxygen atoms in total. The molecule has 0 radical (unpaired) electrons. The first kappa shape index (κ1) is 17.3. The van der Waals surface area contributed by atoms with Crippen molar-refractivity contribution in [1.82, 2.24) is 14.9 Å². The highest BCUT2D eigenvalue weighted by Gasteiger charge is 2.33. The molecule has 2 atom stereocenters. The van der Waals surface area contributed by atoms with Gasteiger partial charge in [0.15, 0.2) is 0 Å². The largest absolute Gasteiger partial charge is 0.472 e. The smallest absolute Gasteiger partial charge is 0.134 e. The Morgan fingerprint density at radius 2 is 2.04 bits per heavy atom. The topological polar surface area (TPSA) is 68.9 Å². The van der Waals surface area contributed by atoms with E-state index in [0.29, 0.717) is 12.5 Å². The second-order valence-electron chi connectivity index (χ2n) is 7.80. The summed E-state index contributed by atoms with van der Waals surface area (Å²) in [4.78, 5) is 15.6. The van der Waals surface area contributed by atoms with Crippen LogP contribution in [0, 0.1) is 5.92 Å². The van der Waals surface area contributed by atoms with Gasteiger partial charge in [0.25, 0.3) is 0 Å². The molecule has 2 aliphatic rings. The maximum Gasteiger partial charge on any atom is 0.134 e. The minimum absolute atomic E-state index is 0.285. The van der Waals surface area contributed by atoms with Crippen LogP contribution in [0.15, 0.2) is 35.4 Å². The molecule has 0 bridgehead atoms. The normalized spacial score (nSPS) is 23.7. The Morgan fingerprint density at radius 3 is 2.77 bits per heavy atom. The molecule has 0 unspecified atom stereocenters. The lowest BCUT2D eigenvalue weighted by atomic mass is 9.93. The van der Waals surface area contributed by atoms with Gasteiger partial charge in [0.1, 0.15) is 18.0 Å². The molecule has 0 aromatic carbocycles. The van der Waals surface area contributed by atoms with E-state index in [-0.39, 0.29) is 12.1 Å². The SMILES string of the molecule is CN(C)C[C@H]1C[C@@H](O)CN1c1cc(N2CC(Cc3ccoc3)C2)ncn1. The van der Waals surface area contributed by atoms with Crippen LogP contribution < -0.4 is 9.80 Å². The van der Waals surface area contributed by atoms with Crippen molar-refractivity contribution >= 4 is 11.6 Å². The Labute approximate surface area is 154 Å². The molecule has 2 aromatic heterocycles. The van der Waals surface area contributed by atoms with E-state index in [2.05, 4.69) is 44.8 Å². The molecule has 26 heavy (non-hydrogen) atoms. The zero-order valence-corrected chi connectivity index (χ0v) is 15.5. The van der Waals surface area contributed by atoms with Gasteiger partial charge in [-0.1, -0.05) is 0 Å². The van der Waals surface area contributed by atoms with Crippen molar-refractivity contribution < 1.29 is 9.52 Å². The van der Waals surface area contributed by atoms with Crippen LogP contribution in [-0.4, -0.2) is 72.4 Å². The molecular weight excluding hydrogens is 330 g/mol. The molecular formula is C19H27N5O2. The van der Waals surface area contributed by atoms with Gasteiger partial charge in [0.2, 0.25) is 0 Å². The van der Waals surface area contributed by atoms with Crippen LogP contribution in [0.4, 0.5) is 11.6 Å². The number of furan rings is 1. The Balaban J connectivity index is 1.41. The summed E-state index contributed by atoms with van der Waals surface area (Å²) in [6.07, 6.45) is 6.75. The minimum atomic E-state index is -0.290. The van der Waals surface area contributed by atoms with Gasteiger partial charge in [-0.05, 0) is 44.5 Å². The second kappa shape index (κ2) is 7.25. The lowest BCUT2D eigenvalue weighted by molar-refractivity contribution is 0.191. The highest BCUT2D eigenvalue weighted by atomic mass is 16.3. The predicted molar refractivity (Wildman–Crippen MR) is 100 cm³/mol. The minimum Gasteiger partial charge on any atom is -0.472 e. The fourth-order valence-electron chi connectivity index (χ4n) is 4.06. The number of β-amino-alcohol motifs (C(OH)–C–C–N with tert-alkyl or cyclic N) is 1. The summed E-state index contributed by atoms with van der Waals surface area (Å²) in [5.74, 6) is 2.53. The van der Waals surface area contributed by atoms with E-state index in [0.717, 1.165) is 44.1 Å². The van der Waals surface area contributed by atoms with Gasteiger partial charge in [-0.15, -0.1) is 0 Å². The van der Waals surface area contributed by atoms with Gasteiger partial charge in [0.05, 0.1) is 18.6 Å². The molecule has 2 aliphatic heterocycles. The molecule has 2 fully saturated rings. The van der Waals surface area contributed by atoms with E-state index >= 15 is 0 Å². The van der Waals surface area contributed by atoms with Crippen molar-refractivity contribution in [3.63, 3.8) is 0 Å². The number of likely N-dealkylation sites (N-methyl/N-ethyl adjacent to an activating group) is 1. The number of rotatable bonds is 6. The Bertz CT molecular complexity index is 714. The number of hydrogen-bond acceptors (Lipinski definition) is 7. The molecule has 4 heterocycles. The molecule has 7 heteroatoms. The van der Waals surface area contributed by atoms with Gasteiger partial charge < -0.3 is 24.2 Å². The fourth-order valence-corrected chi connectivity index (χ4v) is 4.06. The van der Waals surface area contributed by atoms with E-state index in [1.165, 1.54) is 5.56 Å². The van der Waals surface area contributed by atoms with E-state index in [1.54, 1.807) is 12.6 Å². The number of aromatic nitrogens is 2. The fraction of sp³-hybridized carbons (Fsp3) is 0.579. The van der Waals surface area contributed by atoms with Gasteiger partial charge in [-0.3, -0.25) is 0 Å². The summed E-state index contributed by atoms with van der Waals surface area (Å²) in [5.41, 5.74) is 1.26. The standard InChI is InChI=1S/C19H27N5O2/c1-22(2)10-16-6-17(25)11-24(16)19-7-18(20-13-21-19)23-8-15(9-23)5-14-3-4-26-12-14/h3-4,7,12-13,15-17,25H,5-6,8-11H2,1-2H3/t16-,17-/m1/s1. The second-order valence-corrected chi connectivity index (χ2v) is 7.80. The molecule has 0 amide bonds. The van der Waals surface area contributed by atoms with E-state index in [9.17, 15) is 5.11 Å². The molecule has 140 valence electrons. The van der Waals surface area contributed by atoms with Crippen molar-refractivity contribution in [1.29, 1.82) is 0 Å². The number of hydrogen-bond donors (Lipinski definition) is 1. The highest BCUT2D eigenvalue weighted by Crippen LogP contribution is 2.30. The first-order chi connectivity index (χ1) is 12.6. The average Bonchev–Trinajstić information content (AvgIpc) is 3.19. The average molecular weight is 357 g/mol. The molecule has 4 rings (SSSR count). The first-order valence-electron chi connectivity index (χ1n) is 9.26. The maximum absolute atomic E-state index is 10.1. The molecule has 1 N–H and O–H groups in total. The van der Waals surface area contributed by atoms with Crippen molar-refractivity contribution in [3.05, 3.63) is 36.5 Å². The van der Waals surface area contributed by atoms with Gasteiger partial charge in [0, 0.05) is 38.3 Å². The van der Waals surface area contributed by atoms with Crippen molar-refractivity contribution in [3.8, 4) is 0 Å². The van der Waals surface area contributed by atoms with Gasteiger partial charge >= 0.3 is 0 Å². The molecule has 2 saturated heterocycles. The molecule has 0 aliphatic carbocycles. The quantitative estimate of drug-likeness (QED) is 0.834. The van der Waals surface area contributed by atoms with Gasteiger partial charge in [-0.2, -0.15) is 0 Å². The number of anilines is 2.